The third kappa shape index (κ3) is 6.00. The highest BCUT2D eigenvalue weighted by atomic mass is 15.0. The van der Waals surface area contributed by atoms with Gasteiger partial charge < -0.3 is 9.13 Å². The van der Waals surface area contributed by atoms with E-state index in [2.05, 4.69) is 228 Å². The molecule has 3 heterocycles. The Kier molecular flexibility index (Phi) is 8.46. The van der Waals surface area contributed by atoms with E-state index in [1.165, 1.54) is 54.8 Å². The Labute approximate surface area is 359 Å². The first-order valence-electron chi connectivity index (χ1n) is 21.1. The molecule has 0 aliphatic heterocycles. The van der Waals surface area contributed by atoms with Crippen LogP contribution in [0.15, 0.2) is 231 Å². The van der Waals surface area contributed by atoms with E-state index in [1.807, 2.05) is 12.1 Å². The lowest BCUT2D eigenvalue weighted by molar-refractivity contribution is 1.18. The van der Waals surface area contributed by atoms with Crippen LogP contribution in [-0.4, -0.2) is 19.1 Å². The fourth-order valence-corrected chi connectivity index (χ4v) is 9.26. The molecule has 4 nitrogen and oxygen atoms in total. The van der Waals surface area contributed by atoms with Gasteiger partial charge in [0.15, 0.2) is 5.82 Å². The molecule has 0 saturated carbocycles. The first kappa shape index (κ1) is 35.6. The second-order valence-electron chi connectivity index (χ2n) is 15.8. The van der Waals surface area contributed by atoms with Gasteiger partial charge in [0.25, 0.3) is 0 Å². The normalized spacial score (nSPS) is 11.5. The van der Waals surface area contributed by atoms with Crippen molar-refractivity contribution in [2.75, 3.05) is 0 Å². The smallest absolute Gasteiger partial charge is 0.160 e. The van der Waals surface area contributed by atoms with Gasteiger partial charge in [0.2, 0.25) is 0 Å². The molecular weight excluding hydrogens is 753 g/mol. The highest BCUT2D eigenvalue weighted by Crippen LogP contribution is 2.41. The Morgan fingerprint density at radius 2 is 0.758 bits per heavy atom. The number of hydrogen-bond acceptors (Lipinski definition) is 2. The second-order valence-corrected chi connectivity index (χ2v) is 15.8. The number of hydrogen-bond donors (Lipinski definition) is 0. The maximum absolute atomic E-state index is 5.09. The van der Waals surface area contributed by atoms with E-state index in [-0.39, 0.29) is 0 Å². The molecule has 12 aromatic rings. The molecule has 0 spiro atoms. The third-order valence-corrected chi connectivity index (χ3v) is 12.1. The molecule has 0 saturated heterocycles. The van der Waals surface area contributed by atoms with Crippen molar-refractivity contribution in [2.24, 2.45) is 0 Å². The predicted octanol–water partition coefficient (Wildman–Crippen LogP) is 15.0. The molecule has 0 N–H and O–H groups in total. The van der Waals surface area contributed by atoms with Crippen LogP contribution >= 0.6 is 0 Å². The molecule has 62 heavy (non-hydrogen) atoms. The maximum atomic E-state index is 5.09. The summed E-state index contributed by atoms with van der Waals surface area (Å²) in [6.07, 6.45) is 0. The molecular formula is C58H38N4. The van der Waals surface area contributed by atoms with Gasteiger partial charge in [0.05, 0.1) is 33.5 Å². The lowest BCUT2D eigenvalue weighted by Gasteiger charge is -2.12. The molecule has 0 fully saturated rings. The van der Waals surface area contributed by atoms with Crippen molar-refractivity contribution in [3.63, 3.8) is 0 Å². The van der Waals surface area contributed by atoms with E-state index in [1.54, 1.807) is 0 Å². The van der Waals surface area contributed by atoms with Crippen molar-refractivity contribution >= 4 is 43.6 Å². The van der Waals surface area contributed by atoms with E-state index >= 15 is 0 Å². The molecule has 0 amide bonds. The average molecular weight is 791 g/mol. The van der Waals surface area contributed by atoms with Gasteiger partial charge in [-0.05, 0) is 76.9 Å². The fourth-order valence-electron chi connectivity index (χ4n) is 9.26. The number of nitrogens with zero attached hydrogens (tertiary/aromatic N) is 4. The molecule has 0 atom stereocenters. The monoisotopic (exact) mass is 790 g/mol. The van der Waals surface area contributed by atoms with Crippen LogP contribution in [0.5, 0.6) is 0 Å². The van der Waals surface area contributed by atoms with Gasteiger partial charge in [-0.25, -0.2) is 9.97 Å². The summed E-state index contributed by atoms with van der Waals surface area (Å²) in [7, 11) is 0. The Morgan fingerprint density at radius 3 is 1.47 bits per heavy atom. The molecule has 0 unspecified atom stereocenters. The molecule has 0 aliphatic rings. The minimum Gasteiger partial charge on any atom is -0.309 e. The number of rotatable bonds is 7. The van der Waals surface area contributed by atoms with Crippen molar-refractivity contribution < 1.29 is 0 Å². The first-order valence-corrected chi connectivity index (χ1v) is 21.1. The summed E-state index contributed by atoms with van der Waals surface area (Å²) < 4.78 is 4.80. The Hall–Kier alpha value is -8.34. The fraction of sp³-hybridized carbons (Fsp3) is 0. The maximum Gasteiger partial charge on any atom is 0.160 e. The van der Waals surface area contributed by atoms with Crippen molar-refractivity contribution in [3.05, 3.63) is 231 Å². The van der Waals surface area contributed by atoms with Gasteiger partial charge in [0, 0.05) is 49.6 Å². The highest BCUT2D eigenvalue weighted by Gasteiger charge is 2.18. The average Bonchev–Trinajstić information content (AvgIpc) is 3.87. The summed E-state index contributed by atoms with van der Waals surface area (Å²) in [4.78, 5) is 10.2. The topological polar surface area (TPSA) is 35.6 Å². The van der Waals surface area contributed by atoms with Gasteiger partial charge in [-0.1, -0.05) is 176 Å². The Morgan fingerprint density at radius 1 is 0.274 bits per heavy atom. The zero-order valence-corrected chi connectivity index (χ0v) is 33.7. The Bertz CT molecular complexity index is 3550. The third-order valence-electron chi connectivity index (χ3n) is 12.1. The lowest BCUT2D eigenvalue weighted by Crippen LogP contribution is -1.96. The van der Waals surface area contributed by atoms with Gasteiger partial charge in [0.1, 0.15) is 0 Å². The zero-order chi connectivity index (χ0) is 41.0. The molecule has 3 aromatic heterocycles. The molecule has 0 aliphatic carbocycles. The molecule has 9 aromatic carbocycles. The van der Waals surface area contributed by atoms with Crippen LogP contribution in [0, 0.1) is 0 Å². The second kappa shape index (κ2) is 14.7. The quantitative estimate of drug-likeness (QED) is 0.161. The minimum absolute atomic E-state index is 0.701. The van der Waals surface area contributed by atoms with Crippen LogP contribution in [-0.2, 0) is 0 Å². The number of fused-ring (bicyclic) bond motifs is 6. The van der Waals surface area contributed by atoms with Crippen molar-refractivity contribution in [1.29, 1.82) is 0 Å². The first-order chi connectivity index (χ1) is 30.7. The molecule has 12 rings (SSSR count). The zero-order valence-electron chi connectivity index (χ0n) is 33.7. The molecule has 4 heteroatoms. The predicted molar refractivity (Wildman–Crippen MR) is 258 cm³/mol. The molecule has 290 valence electrons. The van der Waals surface area contributed by atoms with E-state index in [9.17, 15) is 0 Å². The van der Waals surface area contributed by atoms with Gasteiger partial charge in [-0.2, -0.15) is 0 Å². The van der Waals surface area contributed by atoms with E-state index < -0.39 is 0 Å². The van der Waals surface area contributed by atoms with E-state index in [0.29, 0.717) is 5.82 Å². The standard InChI is InChI=1S/C58H38N4/c1-4-16-40(17-5-1)51-38-52(41-18-6-2-7-19-41)60-58(59-51)42-32-30-39(31-33-42)47-26-15-29-55-57(47)50-25-11-13-28-54(50)62(55)46-23-14-20-43(36-46)44-34-35-49-48-24-10-12-27-53(48)61(56(49)37-44)45-21-8-3-9-22-45/h1-38H. The summed E-state index contributed by atoms with van der Waals surface area (Å²) in [6.45, 7) is 0. The van der Waals surface area contributed by atoms with Crippen LogP contribution in [0.3, 0.4) is 0 Å². The summed E-state index contributed by atoms with van der Waals surface area (Å²) in [6, 6.07) is 82.1. The van der Waals surface area contributed by atoms with Crippen LogP contribution in [0.25, 0.3) is 111 Å². The van der Waals surface area contributed by atoms with Crippen LogP contribution < -0.4 is 0 Å². The summed E-state index contributed by atoms with van der Waals surface area (Å²) >= 11 is 0. The van der Waals surface area contributed by atoms with Crippen molar-refractivity contribution in [3.8, 4) is 67.5 Å². The van der Waals surface area contributed by atoms with Gasteiger partial charge in [-0.15, -0.1) is 0 Å². The largest absolute Gasteiger partial charge is 0.309 e. The molecule has 0 radical (unpaired) electrons. The van der Waals surface area contributed by atoms with Gasteiger partial charge in [-0.3, -0.25) is 0 Å². The lowest BCUT2D eigenvalue weighted by atomic mass is 9.98. The van der Waals surface area contributed by atoms with Crippen LogP contribution in [0.4, 0.5) is 0 Å². The SMILES string of the molecule is c1ccc(-c2cc(-c3ccccc3)nc(-c3ccc(-c4cccc5c4c4ccccc4n5-c4cccc(-c5ccc6c7ccccc7n(-c7ccccc7)c6c5)c4)cc3)n2)cc1. The molecule has 0 bridgehead atoms. The number of benzene rings is 9. The minimum atomic E-state index is 0.701. The van der Waals surface area contributed by atoms with Crippen LogP contribution in [0.2, 0.25) is 0 Å². The van der Waals surface area contributed by atoms with Crippen molar-refractivity contribution in [2.45, 2.75) is 0 Å². The van der Waals surface area contributed by atoms with Gasteiger partial charge >= 0.3 is 0 Å². The van der Waals surface area contributed by atoms with E-state index in [4.69, 9.17) is 9.97 Å². The van der Waals surface area contributed by atoms with Crippen molar-refractivity contribution in [1.82, 2.24) is 19.1 Å². The number of aromatic nitrogens is 4. The Balaban J connectivity index is 0.958. The van der Waals surface area contributed by atoms with E-state index in [0.717, 1.165) is 50.5 Å². The summed E-state index contributed by atoms with van der Waals surface area (Å²) in [5, 5.41) is 4.94. The number of para-hydroxylation sites is 3. The van der Waals surface area contributed by atoms with Crippen LogP contribution in [0.1, 0.15) is 0 Å². The highest BCUT2D eigenvalue weighted by molar-refractivity contribution is 6.16. The summed E-state index contributed by atoms with van der Waals surface area (Å²) in [5.41, 5.74) is 16.6. The summed E-state index contributed by atoms with van der Waals surface area (Å²) in [5.74, 6) is 0.701.